The highest BCUT2D eigenvalue weighted by Crippen LogP contribution is 2.21. The van der Waals surface area contributed by atoms with Crippen molar-refractivity contribution < 1.29 is 9.90 Å². The predicted octanol–water partition coefficient (Wildman–Crippen LogP) is 3.13. The lowest BCUT2D eigenvalue weighted by Gasteiger charge is -2.35. The molecule has 0 bridgehead atoms. The molecule has 0 radical (unpaired) electrons. The number of amides is 1. The molecule has 98 valence electrons. The number of aryl methyl sites for hydroxylation is 1. The first-order valence-electron chi connectivity index (χ1n) is 6.00. The molecule has 1 amide bonds. The van der Waals surface area contributed by atoms with E-state index in [-0.39, 0.29) is 17.2 Å². The van der Waals surface area contributed by atoms with Gasteiger partial charge in [-0.3, -0.25) is 4.79 Å². The van der Waals surface area contributed by atoms with Crippen LogP contribution < -0.4 is 0 Å². The van der Waals surface area contributed by atoms with E-state index < -0.39 is 0 Å². The van der Waals surface area contributed by atoms with Gasteiger partial charge in [-0.05, 0) is 51.5 Å². The monoisotopic (exact) mass is 247 g/mol. The molecule has 0 fully saturated rings. The summed E-state index contributed by atoms with van der Waals surface area (Å²) in [7, 11) is 0. The van der Waals surface area contributed by atoms with Crippen molar-refractivity contribution in [1.29, 1.82) is 0 Å². The number of benzene rings is 1. The third-order valence-corrected chi connectivity index (χ3v) is 2.81. The maximum absolute atomic E-state index is 12.4. The summed E-state index contributed by atoms with van der Waals surface area (Å²) in [5.41, 5.74) is 1.02. The minimum atomic E-state index is -0.267. The summed E-state index contributed by atoms with van der Waals surface area (Å²) in [6.07, 6.45) is 1.72. The molecule has 1 aromatic carbocycles. The molecule has 0 heterocycles. The zero-order valence-corrected chi connectivity index (χ0v) is 11.5. The number of phenolic OH excluding ortho intramolecular Hbond substituents is 1. The van der Waals surface area contributed by atoms with Crippen LogP contribution >= 0.6 is 0 Å². The molecule has 0 atom stereocenters. The molecule has 0 aromatic heterocycles. The van der Waals surface area contributed by atoms with Crippen molar-refractivity contribution in [3.05, 3.63) is 42.0 Å². The van der Waals surface area contributed by atoms with Crippen molar-refractivity contribution in [2.24, 2.45) is 0 Å². The van der Waals surface area contributed by atoms with E-state index in [1.54, 1.807) is 36.1 Å². The Morgan fingerprint density at radius 2 is 2.06 bits per heavy atom. The molecular weight excluding hydrogens is 226 g/mol. The average molecular weight is 247 g/mol. The van der Waals surface area contributed by atoms with Gasteiger partial charge in [0.2, 0.25) is 0 Å². The molecule has 0 unspecified atom stereocenters. The fraction of sp³-hybridized carbons (Fsp3) is 0.400. The van der Waals surface area contributed by atoms with E-state index in [9.17, 15) is 9.90 Å². The molecule has 0 saturated heterocycles. The van der Waals surface area contributed by atoms with E-state index in [1.807, 2.05) is 20.8 Å². The van der Waals surface area contributed by atoms with Crippen molar-refractivity contribution >= 4 is 5.91 Å². The van der Waals surface area contributed by atoms with Gasteiger partial charge in [0.15, 0.2) is 0 Å². The molecule has 1 rings (SSSR count). The first-order chi connectivity index (χ1) is 8.27. The topological polar surface area (TPSA) is 40.5 Å². The van der Waals surface area contributed by atoms with Crippen LogP contribution in [-0.2, 0) is 0 Å². The van der Waals surface area contributed by atoms with Crippen LogP contribution in [-0.4, -0.2) is 28.0 Å². The number of carbonyl (C=O) groups is 1. The second kappa shape index (κ2) is 5.25. The summed E-state index contributed by atoms with van der Waals surface area (Å²) < 4.78 is 0. The zero-order valence-electron chi connectivity index (χ0n) is 11.5. The molecule has 3 nitrogen and oxygen atoms in total. The highest BCUT2D eigenvalue weighted by molar-refractivity contribution is 5.95. The van der Waals surface area contributed by atoms with Gasteiger partial charge in [0.05, 0.1) is 0 Å². The van der Waals surface area contributed by atoms with Crippen LogP contribution in [0.1, 0.15) is 36.7 Å². The first-order valence-corrected chi connectivity index (χ1v) is 6.00. The number of aromatic hydroxyl groups is 1. The number of hydrogen-bond donors (Lipinski definition) is 1. The van der Waals surface area contributed by atoms with E-state index in [4.69, 9.17) is 0 Å². The lowest BCUT2D eigenvalue weighted by Crippen LogP contribution is -2.45. The van der Waals surface area contributed by atoms with E-state index in [2.05, 4.69) is 6.58 Å². The molecule has 0 saturated carbocycles. The lowest BCUT2D eigenvalue weighted by atomic mass is 10.0. The van der Waals surface area contributed by atoms with E-state index in [0.717, 1.165) is 0 Å². The standard InChI is InChI=1S/C15H21NO2/c1-6-9-16(15(3,4)5)14(18)12-7-8-13(17)11(2)10-12/h6-8,10,17H,1,9H2,2-5H3. The number of phenols is 1. The van der Waals surface area contributed by atoms with Gasteiger partial charge in [0.1, 0.15) is 5.75 Å². The SMILES string of the molecule is C=CCN(C(=O)c1ccc(O)c(C)c1)C(C)(C)C. The van der Waals surface area contributed by atoms with Crippen molar-refractivity contribution in [3.63, 3.8) is 0 Å². The predicted molar refractivity (Wildman–Crippen MR) is 73.8 cm³/mol. The molecule has 3 heteroatoms. The summed E-state index contributed by atoms with van der Waals surface area (Å²) in [6.45, 7) is 11.9. The molecule has 1 aromatic rings. The fourth-order valence-corrected chi connectivity index (χ4v) is 1.73. The third kappa shape index (κ3) is 3.13. The van der Waals surface area contributed by atoms with Gasteiger partial charge in [0, 0.05) is 17.6 Å². The second-order valence-electron chi connectivity index (χ2n) is 5.38. The molecule has 0 aliphatic rings. The van der Waals surface area contributed by atoms with Gasteiger partial charge < -0.3 is 10.0 Å². The van der Waals surface area contributed by atoms with Crippen LogP contribution in [0.3, 0.4) is 0 Å². The second-order valence-corrected chi connectivity index (χ2v) is 5.38. The summed E-state index contributed by atoms with van der Waals surface area (Å²) in [6, 6.07) is 4.91. The molecule has 1 N–H and O–H groups in total. The molecule has 0 aliphatic heterocycles. The maximum Gasteiger partial charge on any atom is 0.254 e. The average Bonchev–Trinajstić information content (AvgIpc) is 2.27. The number of rotatable bonds is 3. The Morgan fingerprint density at radius 1 is 1.44 bits per heavy atom. The van der Waals surface area contributed by atoms with Crippen LogP contribution in [0.25, 0.3) is 0 Å². The van der Waals surface area contributed by atoms with Gasteiger partial charge in [-0.25, -0.2) is 0 Å². The Labute approximate surface area is 109 Å². The van der Waals surface area contributed by atoms with Gasteiger partial charge in [0.25, 0.3) is 5.91 Å². The van der Waals surface area contributed by atoms with E-state index in [1.165, 1.54) is 0 Å². The zero-order chi connectivity index (χ0) is 13.9. The van der Waals surface area contributed by atoms with E-state index in [0.29, 0.717) is 17.7 Å². The molecule has 18 heavy (non-hydrogen) atoms. The Kier molecular flexibility index (Phi) is 4.17. The quantitative estimate of drug-likeness (QED) is 0.834. The Bertz CT molecular complexity index is 458. The highest BCUT2D eigenvalue weighted by Gasteiger charge is 2.26. The minimum Gasteiger partial charge on any atom is -0.508 e. The summed E-state index contributed by atoms with van der Waals surface area (Å²) in [5.74, 6) is 0.156. The normalized spacial score (nSPS) is 11.1. The van der Waals surface area contributed by atoms with Crippen molar-refractivity contribution in [1.82, 2.24) is 4.90 Å². The van der Waals surface area contributed by atoms with Crippen molar-refractivity contribution in [3.8, 4) is 5.75 Å². The molecule has 0 aliphatic carbocycles. The smallest absolute Gasteiger partial charge is 0.254 e. The first kappa shape index (κ1) is 14.3. The third-order valence-electron chi connectivity index (χ3n) is 2.81. The van der Waals surface area contributed by atoms with E-state index >= 15 is 0 Å². The van der Waals surface area contributed by atoms with Gasteiger partial charge in [-0.2, -0.15) is 0 Å². The number of nitrogens with zero attached hydrogens (tertiary/aromatic N) is 1. The number of carbonyl (C=O) groups excluding carboxylic acids is 1. The van der Waals surface area contributed by atoms with Crippen molar-refractivity contribution in [2.75, 3.05) is 6.54 Å². The van der Waals surface area contributed by atoms with Crippen LogP contribution in [0.15, 0.2) is 30.9 Å². The summed E-state index contributed by atoms with van der Waals surface area (Å²) in [4.78, 5) is 14.2. The Balaban J connectivity index is 3.09. The molecule has 0 spiro atoms. The fourth-order valence-electron chi connectivity index (χ4n) is 1.73. The summed E-state index contributed by atoms with van der Waals surface area (Å²) >= 11 is 0. The largest absolute Gasteiger partial charge is 0.508 e. The van der Waals surface area contributed by atoms with Crippen molar-refractivity contribution in [2.45, 2.75) is 33.2 Å². The highest BCUT2D eigenvalue weighted by atomic mass is 16.3. The molecular formula is C15H21NO2. The minimum absolute atomic E-state index is 0.0505. The van der Waals surface area contributed by atoms with Crippen LogP contribution in [0.2, 0.25) is 0 Å². The Hall–Kier alpha value is -1.77. The van der Waals surface area contributed by atoms with Gasteiger partial charge >= 0.3 is 0 Å². The Morgan fingerprint density at radius 3 is 2.50 bits per heavy atom. The lowest BCUT2D eigenvalue weighted by molar-refractivity contribution is 0.0616. The van der Waals surface area contributed by atoms with Crippen LogP contribution in [0, 0.1) is 6.92 Å². The summed E-state index contributed by atoms with van der Waals surface area (Å²) in [5, 5.41) is 9.49. The number of hydrogen-bond acceptors (Lipinski definition) is 2. The van der Waals surface area contributed by atoms with Gasteiger partial charge in [-0.15, -0.1) is 6.58 Å². The maximum atomic E-state index is 12.4. The van der Waals surface area contributed by atoms with Gasteiger partial charge in [-0.1, -0.05) is 6.08 Å². The van der Waals surface area contributed by atoms with Crippen LogP contribution in [0.5, 0.6) is 5.75 Å². The van der Waals surface area contributed by atoms with Crippen LogP contribution in [0.4, 0.5) is 0 Å².